The van der Waals surface area contributed by atoms with E-state index >= 15 is 0 Å². The normalized spacial score (nSPS) is 23.8. The molecule has 0 bridgehead atoms. The molecule has 1 fully saturated rings. The molecule has 1 aliphatic rings. The fourth-order valence-electron chi connectivity index (χ4n) is 1.90. The van der Waals surface area contributed by atoms with Crippen molar-refractivity contribution in [1.82, 2.24) is 15.5 Å². The van der Waals surface area contributed by atoms with Gasteiger partial charge in [0.25, 0.3) is 0 Å². The average Bonchev–Trinajstić information content (AvgIpc) is 2.27. The number of amides is 2. The standard InChI is InChI=1S/C10H19N3O2/c1-7(9(14)12-3)13-6-4-5-8(11-2)10(13)15/h7-8,11H,4-6H2,1-3H3,(H,12,14). The Labute approximate surface area is 90.2 Å². The number of nitrogens with zero attached hydrogens (tertiary/aromatic N) is 1. The molecule has 2 unspecified atom stereocenters. The zero-order valence-corrected chi connectivity index (χ0v) is 9.54. The molecular formula is C10H19N3O2. The Morgan fingerprint density at radius 2 is 2.20 bits per heavy atom. The number of carbonyl (C=O) groups excluding carboxylic acids is 2. The highest BCUT2D eigenvalue weighted by Crippen LogP contribution is 2.14. The lowest BCUT2D eigenvalue weighted by atomic mass is 10.0. The molecule has 0 saturated carbocycles. The quantitative estimate of drug-likeness (QED) is 0.653. The summed E-state index contributed by atoms with van der Waals surface area (Å²) in [6, 6.07) is -0.510. The van der Waals surface area contributed by atoms with Crippen molar-refractivity contribution < 1.29 is 9.59 Å². The van der Waals surface area contributed by atoms with Crippen LogP contribution in [0, 0.1) is 0 Å². The van der Waals surface area contributed by atoms with E-state index in [1.165, 1.54) is 0 Å². The molecular weight excluding hydrogens is 194 g/mol. The van der Waals surface area contributed by atoms with E-state index in [-0.39, 0.29) is 23.9 Å². The Balaban J connectivity index is 2.68. The van der Waals surface area contributed by atoms with Crippen LogP contribution >= 0.6 is 0 Å². The van der Waals surface area contributed by atoms with Crippen molar-refractivity contribution in [1.29, 1.82) is 0 Å². The van der Waals surface area contributed by atoms with Crippen molar-refractivity contribution in [2.24, 2.45) is 0 Å². The lowest BCUT2D eigenvalue weighted by molar-refractivity contribution is -0.143. The predicted octanol–water partition coefficient (Wildman–Crippen LogP) is -0.669. The lowest BCUT2D eigenvalue weighted by Gasteiger charge is -2.35. The van der Waals surface area contributed by atoms with Crippen molar-refractivity contribution in [3.63, 3.8) is 0 Å². The van der Waals surface area contributed by atoms with Crippen molar-refractivity contribution in [2.45, 2.75) is 31.8 Å². The molecule has 86 valence electrons. The predicted molar refractivity (Wildman–Crippen MR) is 57.3 cm³/mol. The van der Waals surface area contributed by atoms with Crippen LogP contribution in [0.4, 0.5) is 0 Å². The molecule has 0 radical (unpaired) electrons. The number of carbonyl (C=O) groups is 2. The van der Waals surface area contributed by atoms with Gasteiger partial charge in [0.05, 0.1) is 6.04 Å². The highest BCUT2D eigenvalue weighted by Gasteiger charge is 2.32. The van der Waals surface area contributed by atoms with Crippen LogP contribution in [-0.4, -0.2) is 49.4 Å². The van der Waals surface area contributed by atoms with Gasteiger partial charge in [0, 0.05) is 13.6 Å². The molecule has 1 heterocycles. The lowest BCUT2D eigenvalue weighted by Crippen LogP contribution is -2.56. The number of likely N-dealkylation sites (N-methyl/N-ethyl adjacent to an activating group) is 2. The van der Waals surface area contributed by atoms with Crippen LogP contribution < -0.4 is 10.6 Å². The van der Waals surface area contributed by atoms with Gasteiger partial charge in [-0.3, -0.25) is 9.59 Å². The molecule has 1 aliphatic heterocycles. The summed E-state index contributed by atoms with van der Waals surface area (Å²) in [6.45, 7) is 2.43. The second-order valence-electron chi connectivity index (χ2n) is 3.81. The molecule has 1 saturated heterocycles. The van der Waals surface area contributed by atoms with Crippen LogP contribution in [0.5, 0.6) is 0 Å². The molecule has 2 atom stereocenters. The van der Waals surface area contributed by atoms with Gasteiger partial charge in [-0.1, -0.05) is 0 Å². The van der Waals surface area contributed by atoms with Crippen molar-refractivity contribution in [3.05, 3.63) is 0 Å². The Morgan fingerprint density at radius 1 is 1.53 bits per heavy atom. The molecule has 0 spiro atoms. The number of hydrogen-bond acceptors (Lipinski definition) is 3. The van der Waals surface area contributed by atoms with Gasteiger partial charge >= 0.3 is 0 Å². The summed E-state index contributed by atoms with van der Waals surface area (Å²) >= 11 is 0. The van der Waals surface area contributed by atoms with Gasteiger partial charge < -0.3 is 15.5 Å². The van der Waals surface area contributed by atoms with E-state index in [9.17, 15) is 9.59 Å². The summed E-state index contributed by atoms with van der Waals surface area (Å²) in [5, 5.41) is 5.53. The van der Waals surface area contributed by atoms with Gasteiger partial charge in [-0.05, 0) is 26.8 Å². The molecule has 15 heavy (non-hydrogen) atoms. The van der Waals surface area contributed by atoms with Gasteiger partial charge in [0.2, 0.25) is 11.8 Å². The van der Waals surface area contributed by atoms with Gasteiger partial charge in [0.15, 0.2) is 0 Å². The van der Waals surface area contributed by atoms with Crippen molar-refractivity contribution in [2.75, 3.05) is 20.6 Å². The summed E-state index contributed by atoms with van der Waals surface area (Å²) in [5.41, 5.74) is 0. The number of likely N-dealkylation sites (tertiary alicyclic amines) is 1. The first-order valence-electron chi connectivity index (χ1n) is 5.31. The van der Waals surface area contributed by atoms with Crippen LogP contribution in [0.15, 0.2) is 0 Å². The van der Waals surface area contributed by atoms with Crippen LogP contribution in [-0.2, 0) is 9.59 Å². The topological polar surface area (TPSA) is 61.4 Å². The van der Waals surface area contributed by atoms with Crippen LogP contribution in [0.2, 0.25) is 0 Å². The molecule has 0 aromatic heterocycles. The molecule has 2 N–H and O–H groups in total. The number of hydrogen-bond donors (Lipinski definition) is 2. The Hall–Kier alpha value is -1.10. The molecule has 5 heteroatoms. The van der Waals surface area contributed by atoms with Crippen molar-refractivity contribution >= 4 is 11.8 Å². The van der Waals surface area contributed by atoms with E-state index < -0.39 is 0 Å². The molecule has 1 rings (SSSR count). The van der Waals surface area contributed by atoms with Crippen molar-refractivity contribution in [3.8, 4) is 0 Å². The SMILES string of the molecule is CNC(=O)C(C)N1CCCC(NC)C1=O. The highest BCUT2D eigenvalue weighted by atomic mass is 16.2. The summed E-state index contributed by atoms with van der Waals surface area (Å²) in [5.74, 6) is -0.0834. The Morgan fingerprint density at radius 3 is 2.73 bits per heavy atom. The zero-order chi connectivity index (χ0) is 11.4. The van der Waals surface area contributed by atoms with Gasteiger partial charge in [0.1, 0.15) is 6.04 Å². The fraction of sp³-hybridized carbons (Fsp3) is 0.800. The van der Waals surface area contributed by atoms with E-state index in [4.69, 9.17) is 0 Å². The first-order chi connectivity index (χ1) is 7.11. The van der Waals surface area contributed by atoms with Crippen LogP contribution in [0.3, 0.4) is 0 Å². The number of nitrogens with one attached hydrogen (secondary N) is 2. The Bertz CT molecular complexity index is 255. The van der Waals surface area contributed by atoms with E-state index in [1.54, 1.807) is 25.9 Å². The molecule has 0 aromatic carbocycles. The third kappa shape index (κ3) is 2.47. The van der Waals surface area contributed by atoms with Crippen LogP contribution in [0.1, 0.15) is 19.8 Å². The average molecular weight is 213 g/mol. The Kier molecular flexibility index (Phi) is 4.08. The maximum atomic E-state index is 11.9. The van der Waals surface area contributed by atoms with Gasteiger partial charge in [-0.2, -0.15) is 0 Å². The maximum Gasteiger partial charge on any atom is 0.242 e. The first-order valence-corrected chi connectivity index (χ1v) is 5.31. The summed E-state index contributed by atoms with van der Waals surface area (Å²) < 4.78 is 0. The van der Waals surface area contributed by atoms with Crippen LogP contribution in [0.25, 0.3) is 0 Å². The van der Waals surface area contributed by atoms with E-state index in [0.29, 0.717) is 6.54 Å². The minimum atomic E-state index is -0.376. The highest BCUT2D eigenvalue weighted by molar-refractivity contribution is 5.89. The van der Waals surface area contributed by atoms with E-state index in [1.807, 2.05) is 0 Å². The summed E-state index contributed by atoms with van der Waals surface area (Å²) in [6.07, 6.45) is 1.80. The summed E-state index contributed by atoms with van der Waals surface area (Å²) in [4.78, 5) is 25.0. The second-order valence-corrected chi connectivity index (χ2v) is 3.81. The minimum absolute atomic E-state index is 0.0276. The smallest absolute Gasteiger partial charge is 0.242 e. The monoisotopic (exact) mass is 213 g/mol. The second kappa shape index (κ2) is 5.11. The molecule has 0 aromatic rings. The maximum absolute atomic E-state index is 11.9. The fourth-order valence-corrected chi connectivity index (χ4v) is 1.90. The summed E-state index contributed by atoms with van der Waals surface area (Å²) in [7, 11) is 3.36. The van der Waals surface area contributed by atoms with E-state index in [2.05, 4.69) is 10.6 Å². The first kappa shape index (κ1) is 12.0. The third-order valence-corrected chi connectivity index (χ3v) is 2.91. The largest absolute Gasteiger partial charge is 0.357 e. The number of piperidine rings is 1. The van der Waals surface area contributed by atoms with Gasteiger partial charge in [-0.15, -0.1) is 0 Å². The van der Waals surface area contributed by atoms with Gasteiger partial charge in [-0.25, -0.2) is 0 Å². The minimum Gasteiger partial charge on any atom is -0.357 e. The zero-order valence-electron chi connectivity index (χ0n) is 9.54. The molecule has 5 nitrogen and oxygen atoms in total. The molecule has 0 aliphatic carbocycles. The molecule has 2 amide bonds. The number of rotatable bonds is 3. The van der Waals surface area contributed by atoms with E-state index in [0.717, 1.165) is 12.8 Å². The third-order valence-electron chi connectivity index (χ3n) is 2.91.